The molecule has 7 amide bonds. The fourth-order valence-corrected chi connectivity index (χ4v) is 4.50. The van der Waals surface area contributed by atoms with Crippen molar-refractivity contribution in [3.8, 4) is 0 Å². The molecule has 0 unspecified atom stereocenters. The van der Waals surface area contributed by atoms with E-state index in [2.05, 4.69) is 26.6 Å². The summed E-state index contributed by atoms with van der Waals surface area (Å²) in [7, 11) is 0. The maximum atomic E-state index is 13.5. The quantitative estimate of drug-likeness (QED) is 0.0386. The van der Waals surface area contributed by atoms with Crippen molar-refractivity contribution in [2.45, 2.75) is 121 Å². The average Bonchev–Trinajstić information content (AvgIpc) is 3.01. The molecule has 0 aliphatic heterocycles. The summed E-state index contributed by atoms with van der Waals surface area (Å²) in [6, 6.07) is -8.13. The minimum absolute atomic E-state index is 0.0326. The Morgan fingerprint density at radius 1 is 0.560 bits per heavy atom. The normalized spacial score (nSPS) is 14.5. The third kappa shape index (κ3) is 19.2. The van der Waals surface area contributed by atoms with Crippen LogP contribution >= 0.6 is 0 Å². The lowest BCUT2D eigenvalue weighted by Gasteiger charge is -2.27. The lowest BCUT2D eigenvalue weighted by molar-refractivity contribution is -0.142. The van der Waals surface area contributed by atoms with Gasteiger partial charge in [-0.2, -0.15) is 0 Å². The van der Waals surface area contributed by atoms with Gasteiger partial charge in [0.1, 0.15) is 30.2 Å². The Labute approximate surface area is 289 Å². The molecule has 0 aromatic carbocycles. The lowest BCUT2D eigenvalue weighted by atomic mass is 10.0. The van der Waals surface area contributed by atoms with Crippen LogP contribution in [0.3, 0.4) is 0 Å². The first kappa shape index (κ1) is 45.2. The van der Waals surface area contributed by atoms with Crippen LogP contribution in [-0.2, 0) is 43.2 Å². The van der Waals surface area contributed by atoms with Crippen molar-refractivity contribution in [1.29, 1.82) is 0 Å². The smallest absolute Gasteiger partial charge is 0.325 e. The lowest BCUT2D eigenvalue weighted by Crippen LogP contribution is -2.59. The summed E-state index contributed by atoms with van der Waals surface area (Å²) in [4.78, 5) is 111. The Hall–Kier alpha value is -4.85. The summed E-state index contributed by atoms with van der Waals surface area (Å²) >= 11 is 0. The molecule has 0 heterocycles. The van der Waals surface area contributed by atoms with Gasteiger partial charge in [0.15, 0.2) is 0 Å². The van der Waals surface area contributed by atoms with E-state index in [9.17, 15) is 48.3 Å². The highest BCUT2D eigenvalue weighted by molar-refractivity contribution is 5.96. The van der Waals surface area contributed by atoms with Gasteiger partial charge in [0.05, 0.1) is 6.04 Å². The first-order chi connectivity index (χ1) is 23.3. The van der Waals surface area contributed by atoms with Gasteiger partial charge in [0.25, 0.3) is 0 Å². The third-order valence-corrected chi connectivity index (χ3v) is 7.28. The van der Waals surface area contributed by atoms with Gasteiger partial charge >= 0.3 is 11.9 Å². The second-order valence-electron chi connectivity index (χ2n) is 12.3. The molecule has 0 radical (unpaired) electrons. The number of unbranched alkanes of at least 4 members (excludes halogenated alkanes) is 1. The monoisotopic (exact) mass is 715 g/mol. The van der Waals surface area contributed by atoms with Crippen molar-refractivity contribution >= 4 is 53.3 Å². The largest absolute Gasteiger partial charge is 0.481 e. The number of carbonyl (C=O) groups excluding carboxylic acids is 7. The molecule has 0 aliphatic rings. The summed E-state index contributed by atoms with van der Waals surface area (Å²) < 4.78 is 0. The van der Waals surface area contributed by atoms with Crippen LogP contribution in [0.25, 0.3) is 0 Å². The summed E-state index contributed by atoms with van der Waals surface area (Å²) in [5, 5.41) is 30.3. The van der Waals surface area contributed by atoms with E-state index in [0.717, 1.165) is 0 Å². The van der Waals surface area contributed by atoms with E-state index < -0.39 is 102 Å². The molecule has 20 heteroatoms. The van der Waals surface area contributed by atoms with Crippen LogP contribution in [0.4, 0.5) is 0 Å². The molecule has 15 N–H and O–H groups in total. The maximum Gasteiger partial charge on any atom is 0.325 e. The number of rotatable bonds is 26. The highest BCUT2D eigenvalue weighted by Gasteiger charge is 2.33. The molecule has 50 heavy (non-hydrogen) atoms. The molecule has 284 valence electrons. The number of nitrogens with two attached hydrogens (primary N) is 4. The first-order valence-corrected chi connectivity index (χ1v) is 16.3. The fraction of sp³-hybridized carbons (Fsp3) is 0.700. The Morgan fingerprint density at radius 2 is 0.940 bits per heavy atom. The molecule has 0 spiro atoms. The van der Waals surface area contributed by atoms with Gasteiger partial charge in [-0.15, -0.1) is 0 Å². The molecule has 0 fully saturated rings. The summed E-state index contributed by atoms with van der Waals surface area (Å²) in [6.45, 7) is 5.07. The molecule has 20 nitrogen and oxygen atoms in total. The number of aliphatic carboxylic acids is 2. The van der Waals surface area contributed by atoms with Crippen LogP contribution in [-0.4, -0.2) is 106 Å². The third-order valence-electron chi connectivity index (χ3n) is 7.28. The Morgan fingerprint density at radius 3 is 1.30 bits per heavy atom. The minimum atomic E-state index is -1.56. The molecule has 0 aliphatic carbocycles. The number of amides is 7. The van der Waals surface area contributed by atoms with Crippen molar-refractivity contribution in [2.75, 3.05) is 6.54 Å². The predicted octanol–water partition coefficient (Wildman–Crippen LogP) is -3.59. The van der Waals surface area contributed by atoms with E-state index in [0.29, 0.717) is 12.8 Å². The van der Waals surface area contributed by atoms with Crippen molar-refractivity contribution in [1.82, 2.24) is 26.6 Å². The topological polar surface area (TPSA) is 358 Å². The highest BCUT2D eigenvalue weighted by Crippen LogP contribution is 2.09. The van der Waals surface area contributed by atoms with E-state index in [-0.39, 0.29) is 51.0 Å². The highest BCUT2D eigenvalue weighted by atomic mass is 16.4. The molecule has 0 aromatic rings. The zero-order chi connectivity index (χ0) is 38.6. The van der Waals surface area contributed by atoms with Crippen LogP contribution < -0.4 is 49.5 Å². The van der Waals surface area contributed by atoms with Gasteiger partial charge in [-0.25, -0.2) is 0 Å². The Balaban J connectivity index is 6.25. The number of hydrogen-bond donors (Lipinski definition) is 11. The van der Waals surface area contributed by atoms with Crippen molar-refractivity contribution in [3.05, 3.63) is 0 Å². The maximum absolute atomic E-state index is 13.5. The van der Waals surface area contributed by atoms with Gasteiger partial charge in [-0.3, -0.25) is 43.2 Å². The van der Waals surface area contributed by atoms with Crippen LogP contribution in [0, 0.1) is 5.92 Å². The summed E-state index contributed by atoms with van der Waals surface area (Å²) in [5.41, 5.74) is 21.9. The summed E-state index contributed by atoms with van der Waals surface area (Å²) in [5.74, 6) is -8.75. The first-order valence-electron chi connectivity index (χ1n) is 16.3. The second kappa shape index (κ2) is 23.5. The Kier molecular flexibility index (Phi) is 21.2. The SMILES string of the molecule is CC(C)C[C@H](N)C(=O)N[C@@H](CCC(N)=O)C(=O)N[C@@H](CCC(=O)O)C(=O)N[C@@H](CCCCN)C(=O)N[C@@H](CCC(N)=O)C(=O)N[C@@H](C)C(=O)O. The zero-order valence-corrected chi connectivity index (χ0v) is 28.7. The van der Waals surface area contributed by atoms with Crippen LogP contribution in [0.5, 0.6) is 0 Å². The summed E-state index contributed by atoms with van der Waals surface area (Å²) in [6.07, 6.45) is -1.36. The molecule has 0 bridgehead atoms. The van der Waals surface area contributed by atoms with Crippen LogP contribution in [0.2, 0.25) is 0 Å². The van der Waals surface area contributed by atoms with E-state index in [1.807, 2.05) is 13.8 Å². The molecule has 0 saturated heterocycles. The molecule has 0 rings (SSSR count). The minimum Gasteiger partial charge on any atom is -0.481 e. The van der Waals surface area contributed by atoms with Crippen LogP contribution in [0.1, 0.15) is 85.0 Å². The number of primary amides is 2. The van der Waals surface area contributed by atoms with E-state index in [1.54, 1.807) is 0 Å². The number of hydrogen-bond acceptors (Lipinski definition) is 11. The number of carboxylic acids is 2. The van der Waals surface area contributed by atoms with Gasteiger partial charge in [0.2, 0.25) is 41.4 Å². The van der Waals surface area contributed by atoms with Gasteiger partial charge in [0, 0.05) is 19.3 Å². The molecule has 0 saturated carbocycles. The second-order valence-corrected chi connectivity index (χ2v) is 12.3. The van der Waals surface area contributed by atoms with Gasteiger partial charge in [-0.05, 0) is 64.3 Å². The number of carbonyl (C=O) groups is 9. The van der Waals surface area contributed by atoms with Crippen LogP contribution in [0.15, 0.2) is 0 Å². The average molecular weight is 716 g/mol. The predicted molar refractivity (Wildman–Crippen MR) is 177 cm³/mol. The van der Waals surface area contributed by atoms with Gasteiger partial charge < -0.3 is 59.7 Å². The molecule has 6 atom stereocenters. The van der Waals surface area contributed by atoms with E-state index >= 15 is 0 Å². The fourth-order valence-electron chi connectivity index (χ4n) is 4.50. The van der Waals surface area contributed by atoms with E-state index in [4.69, 9.17) is 28.0 Å². The molecular weight excluding hydrogens is 662 g/mol. The van der Waals surface area contributed by atoms with Crippen molar-refractivity contribution < 1.29 is 53.4 Å². The van der Waals surface area contributed by atoms with Crippen molar-refractivity contribution in [3.63, 3.8) is 0 Å². The molecule has 0 aromatic heterocycles. The van der Waals surface area contributed by atoms with Gasteiger partial charge in [-0.1, -0.05) is 13.8 Å². The van der Waals surface area contributed by atoms with Crippen molar-refractivity contribution in [2.24, 2.45) is 28.9 Å². The number of nitrogens with one attached hydrogen (secondary N) is 5. The standard InChI is InChI=1S/C30H53N9O11/c1-15(2)14-17(32)25(44)36-20(8-11-23(34)41)28(47)39-21(9-12-24(42)43)29(48)37-18(6-4-5-13-31)27(46)38-19(7-10-22(33)40)26(45)35-16(3)30(49)50/h15-21H,4-14,31-32H2,1-3H3,(H2,33,40)(H2,34,41)(H,35,45)(H,36,44)(H,37,48)(H,38,46)(H,39,47)(H,42,43)(H,49,50)/t16-,17-,18-,19-,20-,21-/m0/s1. The zero-order valence-electron chi connectivity index (χ0n) is 28.7. The Bertz CT molecular complexity index is 1210. The number of carboxylic acid groups (broad SMARTS) is 2. The molecular formula is C30H53N9O11. The van der Waals surface area contributed by atoms with E-state index in [1.165, 1.54) is 6.92 Å².